The van der Waals surface area contributed by atoms with Gasteiger partial charge in [0.2, 0.25) is 5.91 Å². The second-order valence-electron chi connectivity index (χ2n) is 5.21. The molecule has 1 amide bonds. The fourth-order valence-electron chi connectivity index (χ4n) is 2.07. The number of carbonyl (C=O) groups excluding carboxylic acids is 2. The van der Waals surface area contributed by atoms with Crippen molar-refractivity contribution in [3.63, 3.8) is 0 Å². The van der Waals surface area contributed by atoms with Gasteiger partial charge in [-0.2, -0.15) is 0 Å². The second-order valence-corrected chi connectivity index (χ2v) is 6.93. The molecule has 0 aliphatic heterocycles. The van der Waals surface area contributed by atoms with Gasteiger partial charge in [-0.15, -0.1) is 11.3 Å². The minimum Gasteiger partial charge on any atom is -0.341 e. The van der Waals surface area contributed by atoms with Crippen LogP contribution in [0.1, 0.15) is 33.0 Å². The molecule has 3 nitrogen and oxygen atoms in total. The van der Waals surface area contributed by atoms with Crippen LogP contribution in [0.2, 0.25) is 5.02 Å². The van der Waals surface area contributed by atoms with Gasteiger partial charge in [0.1, 0.15) is 0 Å². The number of hydrogen-bond donors (Lipinski definition) is 0. The smallest absolute Gasteiger partial charge is 0.223 e. The lowest BCUT2D eigenvalue weighted by Crippen LogP contribution is -2.26. The lowest BCUT2D eigenvalue weighted by molar-refractivity contribution is -0.130. The Kier molecular flexibility index (Phi) is 5.75. The van der Waals surface area contributed by atoms with Crippen LogP contribution in [-0.4, -0.2) is 23.6 Å². The molecule has 1 heterocycles. The van der Waals surface area contributed by atoms with Crippen molar-refractivity contribution in [2.24, 2.45) is 0 Å². The van der Waals surface area contributed by atoms with E-state index in [1.165, 1.54) is 11.3 Å². The molecule has 22 heavy (non-hydrogen) atoms. The van der Waals surface area contributed by atoms with Gasteiger partial charge in [0.05, 0.1) is 4.88 Å². The fraction of sp³-hybridized carbons (Fsp3) is 0.294. The third-order valence-electron chi connectivity index (χ3n) is 3.34. The van der Waals surface area contributed by atoms with Gasteiger partial charge in [-0.3, -0.25) is 9.59 Å². The fourth-order valence-corrected chi connectivity index (χ4v) is 3.03. The van der Waals surface area contributed by atoms with Crippen molar-refractivity contribution < 1.29 is 9.59 Å². The van der Waals surface area contributed by atoms with Gasteiger partial charge >= 0.3 is 0 Å². The van der Waals surface area contributed by atoms with Crippen molar-refractivity contribution in [3.05, 3.63) is 56.7 Å². The van der Waals surface area contributed by atoms with E-state index in [4.69, 9.17) is 11.6 Å². The number of thiophene rings is 1. The van der Waals surface area contributed by atoms with E-state index in [-0.39, 0.29) is 24.5 Å². The summed E-state index contributed by atoms with van der Waals surface area (Å²) in [6, 6.07) is 11.1. The molecule has 1 aromatic carbocycles. The van der Waals surface area contributed by atoms with Crippen LogP contribution in [0.15, 0.2) is 36.4 Å². The SMILES string of the molecule is Cc1ccc(C(=O)CCC(=O)N(C)Cc2ccc(Cl)cc2)s1. The maximum atomic E-state index is 12.1. The molecule has 0 aliphatic rings. The summed E-state index contributed by atoms with van der Waals surface area (Å²) in [7, 11) is 1.75. The number of ketones is 1. The summed E-state index contributed by atoms with van der Waals surface area (Å²) in [5, 5.41) is 0.676. The van der Waals surface area contributed by atoms with E-state index in [2.05, 4.69) is 0 Å². The summed E-state index contributed by atoms with van der Waals surface area (Å²) >= 11 is 7.31. The van der Waals surface area contributed by atoms with E-state index in [0.29, 0.717) is 11.6 Å². The van der Waals surface area contributed by atoms with Crippen LogP contribution >= 0.6 is 22.9 Å². The first-order chi connectivity index (χ1) is 10.5. The second kappa shape index (κ2) is 7.56. The topological polar surface area (TPSA) is 37.4 Å². The summed E-state index contributed by atoms with van der Waals surface area (Å²) in [6.07, 6.45) is 0.490. The first-order valence-corrected chi connectivity index (χ1v) is 8.23. The number of Topliss-reactive ketones (excluding diaryl/α,β-unsaturated/α-hetero) is 1. The minimum atomic E-state index is -0.0309. The molecule has 0 N–H and O–H groups in total. The van der Waals surface area contributed by atoms with Crippen LogP contribution in [-0.2, 0) is 11.3 Å². The highest BCUT2D eigenvalue weighted by molar-refractivity contribution is 7.14. The number of hydrogen-bond acceptors (Lipinski definition) is 3. The minimum absolute atomic E-state index is 0.0309. The average Bonchev–Trinajstić information content (AvgIpc) is 2.93. The predicted molar refractivity (Wildman–Crippen MR) is 90.5 cm³/mol. The van der Waals surface area contributed by atoms with Crippen LogP contribution in [0.3, 0.4) is 0 Å². The molecule has 0 aliphatic carbocycles. The molecule has 116 valence electrons. The molecular weight excluding hydrogens is 318 g/mol. The van der Waals surface area contributed by atoms with Crippen molar-refractivity contribution in [1.82, 2.24) is 4.90 Å². The monoisotopic (exact) mass is 335 g/mol. The molecular formula is C17H18ClNO2S. The number of nitrogens with zero attached hydrogens (tertiary/aromatic N) is 1. The number of benzene rings is 1. The molecule has 0 saturated heterocycles. The van der Waals surface area contributed by atoms with Crippen molar-refractivity contribution >= 4 is 34.6 Å². The zero-order chi connectivity index (χ0) is 16.1. The number of rotatable bonds is 6. The zero-order valence-electron chi connectivity index (χ0n) is 12.6. The number of carbonyl (C=O) groups is 2. The lowest BCUT2D eigenvalue weighted by atomic mass is 10.1. The molecule has 0 radical (unpaired) electrons. The molecule has 0 atom stereocenters. The Hall–Kier alpha value is -1.65. The summed E-state index contributed by atoms with van der Waals surface area (Å²) in [5.41, 5.74) is 1.01. The van der Waals surface area contributed by atoms with E-state index in [9.17, 15) is 9.59 Å². The standard InChI is InChI=1S/C17H18ClNO2S/c1-12-3-9-16(22-12)15(20)8-10-17(21)19(2)11-13-4-6-14(18)7-5-13/h3-7,9H,8,10-11H2,1-2H3. The molecule has 0 unspecified atom stereocenters. The molecule has 0 spiro atoms. The van der Waals surface area contributed by atoms with E-state index >= 15 is 0 Å². The Balaban J connectivity index is 1.83. The Bertz CT molecular complexity index is 664. The molecule has 0 saturated carbocycles. The normalized spacial score (nSPS) is 10.5. The van der Waals surface area contributed by atoms with Gasteiger partial charge in [0.15, 0.2) is 5.78 Å². The Labute approximate surface area is 139 Å². The largest absolute Gasteiger partial charge is 0.341 e. The highest BCUT2D eigenvalue weighted by Gasteiger charge is 2.14. The van der Waals surface area contributed by atoms with Gasteiger partial charge in [0.25, 0.3) is 0 Å². The molecule has 1 aromatic heterocycles. The maximum Gasteiger partial charge on any atom is 0.223 e. The van der Waals surface area contributed by atoms with E-state index in [0.717, 1.165) is 15.3 Å². The Morgan fingerprint density at radius 1 is 1.09 bits per heavy atom. The van der Waals surface area contributed by atoms with Crippen LogP contribution in [0.4, 0.5) is 0 Å². The molecule has 2 aromatic rings. The average molecular weight is 336 g/mol. The maximum absolute atomic E-state index is 12.1. The third kappa shape index (κ3) is 4.68. The van der Waals surface area contributed by atoms with Gasteiger partial charge in [-0.05, 0) is 36.8 Å². The first kappa shape index (κ1) is 16.7. The van der Waals surface area contributed by atoms with Crippen LogP contribution < -0.4 is 0 Å². The summed E-state index contributed by atoms with van der Waals surface area (Å²) in [6.45, 7) is 2.48. The Morgan fingerprint density at radius 3 is 2.36 bits per heavy atom. The van der Waals surface area contributed by atoms with E-state index in [1.54, 1.807) is 24.1 Å². The van der Waals surface area contributed by atoms with Crippen LogP contribution in [0.25, 0.3) is 0 Å². The number of halogens is 1. The van der Waals surface area contributed by atoms with Crippen molar-refractivity contribution in [2.45, 2.75) is 26.3 Å². The van der Waals surface area contributed by atoms with Gasteiger partial charge in [0, 0.05) is 36.3 Å². The molecule has 0 fully saturated rings. The molecule has 0 bridgehead atoms. The number of aryl methyl sites for hydroxylation is 1. The van der Waals surface area contributed by atoms with Gasteiger partial charge in [-0.25, -0.2) is 0 Å². The van der Waals surface area contributed by atoms with E-state index in [1.807, 2.05) is 31.2 Å². The highest BCUT2D eigenvalue weighted by Crippen LogP contribution is 2.18. The third-order valence-corrected chi connectivity index (χ3v) is 4.63. The first-order valence-electron chi connectivity index (χ1n) is 7.04. The summed E-state index contributed by atoms with van der Waals surface area (Å²) in [5.74, 6) is 0.00270. The van der Waals surface area contributed by atoms with Crippen LogP contribution in [0.5, 0.6) is 0 Å². The lowest BCUT2D eigenvalue weighted by Gasteiger charge is -2.17. The predicted octanol–water partition coefficient (Wildman–Crippen LogP) is 4.33. The zero-order valence-corrected chi connectivity index (χ0v) is 14.2. The van der Waals surface area contributed by atoms with Gasteiger partial charge < -0.3 is 4.90 Å². The van der Waals surface area contributed by atoms with Crippen molar-refractivity contribution in [3.8, 4) is 0 Å². The van der Waals surface area contributed by atoms with Gasteiger partial charge in [-0.1, -0.05) is 23.7 Å². The molecule has 2 rings (SSSR count). The highest BCUT2D eigenvalue weighted by atomic mass is 35.5. The Morgan fingerprint density at radius 2 is 1.77 bits per heavy atom. The quantitative estimate of drug-likeness (QED) is 0.737. The molecule has 5 heteroatoms. The van der Waals surface area contributed by atoms with E-state index < -0.39 is 0 Å². The summed E-state index contributed by atoms with van der Waals surface area (Å²) in [4.78, 5) is 27.6. The number of amides is 1. The summed E-state index contributed by atoms with van der Waals surface area (Å²) < 4.78 is 0. The van der Waals surface area contributed by atoms with Crippen molar-refractivity contribution in [2.75, 3.05) is 7.05 Å². The van der Waals surface area contributed by atoms with Crippen molar-refractivity contribution in [1.29, 1.82) is 0 Å². The van der Waals surface area contributed by atoms with Crippen LogP contribution in [0, 0.1) is 6.92 Å².